The second-order valence-corrected chi connectivity index (χ2v) is 6.37. The maximum Gasteiger partial charge on any atom is 0.229 e. The molecule has 0 spiro atoms. The van der Waals surface area contributed by atoms with Crippen LogP contribution in [0.1, 0.15) is 44.1 Å². The summed E-state index contributed by atoms with van der Waals surface area (Å²) in [5, 5.41) is 19.0. The summed E-state index contributed by atoms with van der Waals surface area (Å²) in [5.41, 5.74) is 0.785. The number of benzene rings is 1. The molecule has 21 heavy (non-hydrogen) atoms. The van der Waals surface area contributed by atoms with E-state index in [0.717, 1.165) is 31.2 Å². The SMILES string of the molecule is CC(C(=O)N(C)CC1(CO)CCCC1)c1ccc(O)cc1. The van der Waals surface area contributed by atoms with E-state index in [9.17, 15) is 15.0 Å². The van der Waals surface area contributed by atoms with E-state index in [-0.39, 0.29) is 29.6 Å². The molecule has 1 amide bonds. The number of aliphatic hydroxyl groups is 1. The van der Waals surface area contributed by atoms with Crippen molar-refractivity contribution in [2.75, 3.05) is 20.2 Å². The van der Waals surface area contributed by atoms with Crippen LogP contribution in [0.25, 0.3) is 0 Å². The van der Waals surface area contributed by atoms with E-state index in [4.69, 9.17) is 0 Å². The summed E-state index contributed by atoms with van der Waals surface area (Å²) in [6.07, 6.45) is 4.26. The smallest absolute Gasteiger partial charge is 0.229 e. The van der Waals surface area contributed by atoms with E-state index in [1.807, 2.05) is 14.0 Å². The van der Waals surface area contributed by atoms with Crippen molar-refractivity contribution in [3.8, 4) is 5.75 Å². The zero-order valence-electron chi connectivity index (χ0n) is 12.9. The number of aliphatic hydroxyl groups excluding tert-OH is 1. The first-order chi connectivity index (χ1) is 9.97. The number of likely N-dealkylation sites (N-methyl/N-ethyl adjacent to an activating group) is 1. The number of phenolic OH excluding ortho intramolecular Hbond substituents is 1. The predicted molar refractivity (Wildman–Crippen MR) is 82.1 cm³/mol. The third-order valence-corrected chi connectivity index (χ3v) is 4.71. The van der Waals surface area contributed by atoms with Crippen molar-refractivity contribution in [1.82, 2.24) is 4.90 Å². The zero-order chi connectivity index (χ0) is 15.5. The van der Waals surface area contributed by atoms with Gasteiger partial charge in [0.25, 0.3) is 0 Å². The fraction of sp³-hybridized carbons (Fsp3) is 0.588. The third-order valence-electron chi connectivity index (χ3n) is 4.71. The lowest BCUT2D eigenvalue weighted by atomic mass is 9.86. The molecule has 0 saturated heterocycles. The molecule has 2 N–H and O–H groups in total. The van der Waals surface area contributed by atoms with Gasteiger partial charge < -0.3 is 15.1 Å². The van der Waals surface area contributed by atoms with Gasteiger partial charge in [0, 0.05) is 19.0 Å². The van der Waals surface area contributed by atoms with Gasteiger partial charge in [-0.3, -0.25) is 4.79 Å². The maximum absolute atomic E-state index is 12.6. The lowest BCUT2D eigenvalue weighted by Crippen LogP contribution is -2.41. The fourth-order valence-corrected chi connectivity index (χ4v) is 3.31. The summed E-state index contributed by atoms with van der Waals surface area (Å²) in [4.78, 5) is 14.3. The van der Waals surface area contributed by atoms with Gasteiger partial charge in [-0.15, -0.1) is 0 Å². The van der Waals surface area contributed by atoms with Crippen LogP contribution in [0.5, 0.6) is 5.75 Å². The monoisotopic (exact) mass is 291 g/mol. The molecule has 1 fully saturated rings. The van der Waals surface area contributed by atoms with Crippen molar-refractivity contribution in [2.24, 2.45) is 5.41 Å². The molecule has 2 rings (SSSR count). The summed E-state index contributed by atoms with van der Waals surface area (Å²) in [6, 6.07) is 6.77. The van der Waals surface area contributed by atoms with Crippen molar-refractivity contribution < 1.29 is 15.0 Å². The second kappa shape index (κ2) is 6.48. The number of hydrogen-bond donors (Lipinski definition) is 2. The molecule has 4 heteroatoms. The Labute approximate surface area is 126 Å². The zero-order valence-corrected chi connectivity index (χ0v) is 12.9. The molecule has 1 aliphatic carbocycles. The normalized spacial score (nSPS) is 18.4. The number of rotatable bonds is 5. The highest BCUT2D eigenvalue weighted by Crippen LogP contribution is 2.38. The van der Waals surface area contributed by atoms with Crippen LogP contribution in [-0.4, -0.2) is 41.2 Å². The minimum absolute atomic E-state index is 0.0559. The minimum Gasteiger partial charge on any atom is -0.508 e. The highest BCUT2D eigenvalue weighted by molar-refractivity contribution is 5.83. The predicted octanol–water partition coefficient (Wildman–Crippen LogP) is 2.51. The maximum atomic E-state index is 12.6. The molecule has 4 nitrogen and oxygen atoms in total. The third kappa shape index (κ3) is 3.56. The quantitative estimate of drug-likeness (QED) is 0.876. The lowest BCUT2D eigenvalue weighted by Gasteiger charge is -2.33. The standard InChI is InChI=1S/C17H25NO3/c1-13(14-5-7-15(20)8-6-14)16(21)18(2)11-17(12-19)9-3-4-10-17/h5-8,13,19-20H,3-4,9-12H2,1-2H3. The van der Waals surface area contributed by atoms with Crippen LogP contribution < -0.4 is 0 Å². The summed E-state index contributed by atoms with van der Waals surface area (Å²) in [5.74, 6) is 0.0186. The Morgan fingerprint density at radius 2 is 1.86 bits per heavy atom. The average molecular weight is 291 g/mol. The van der Waals surface area contributed by atoms with Gasteiger partial charge in [0.2, 0.25) is 5.91 Å². The molecule has 1 aromatic carbocycles. The highest BCUT2D eigenvalue weighted by atomic mass is 16.3. The van der Waals surface area contributed by atoms with Gasteiger partial charge in [-0.2, -0.15) is 0 Å². The van der Waals surface area contributed by atoms with Crippen LogP contribution in [0.4, 0.5) is 0 Å². The van der Waals surface area contributed by atoms with Crippen LogP contribution in [0.15, 0.2) is 24.3 Å². The van der Waals surface area contributed by atoms with Crippen LogP contribution >= 0.6 is 0 Å². The van der Waals surface area contributed by atoms with Crippen molar-refractivity contribution in [1.29, 1.82) is 0 Å². The van der Waals surface area contributed by atoms with E-state index < -0.39 is 0 Å². The Bertz CT molecular complexity index is 477. The minimum atomic E-state index is -0.243. The van der Waals surface area contributed by atoms with Crippen LogP contribution in [0.2, 0.25) is 0 Å². The largest absolute Gasteiger partial charge is 0.508 e. The molecule has 1 unspecified atom stereocenters. The highest BCUT2D eigenvalue weighted by Gasteiger charge is 2.36. The van der Waals surface area contributed by atoms with Crippen molar-refractivity contribution in [2.45, 2.75) is 38.5 Å². The Morgan fingerprint density at radius 3 is 2.38 bits per heavy atom. The molecule has 0 radical (unpaired) electrons. The topological polar surface area (TPSA) is 60.8 Å². The number of amides is 1. The molecule has 1 aliphatic rings. The summed E-state index contributed by atoms with van der Waals surface area (Å²) >= 11 is 0. The van der Waals surface area contributed by atoms with E-state index in [1.54, 1.807) is 29.2 Å². The Balaban J connectivity index is 2.03. The number of carbonyl (C=O) groups excluding carboxylic acids is 1. The van der Waals surface area contributed by atoms with Crippen LogP contribution in [0.3, 0.4) is 0 Å². The molecule has 0 bridgehead atoms. The van der Waals surface area contributed by atoms with E-state index in [2.05, 4.69) is 0 Å². The Morgan fingerprint density at radius 1 is 1.29 bits per heavy atom. The fourth-order valence-electron chi connectivity index (χ4n) is 3.31. The number of phenols is 1. The number of hydrogen-bond acceptors (Lipinski definition) is 3. The molecule has 0 aliphatic heterocycles. The van der Waals surface area contributed by atoms with Gasteiger partial charge in [0.15, 0.2) is 0 Å². The van der Waals surface area contributed by atoms with Crippen LogP contribution in [0, 0.1) is 5.41 Å². The summed E-state index contributed by atoms with van der Waals surface area (Å²) in [6.45, 7) is 2.65. The summed E-state index contributed by atoms with van der Waals surface area (Å²) in [7, 11) is 1.81. The molecular formula is C17H25NO3. The molecule has 116 valence electrons. The van der Waals surface area contributed by atoms with Crippen molar-refractivity contribution in [3.63, 3.8) is 0 Å². The van der Waals surface area contributed by atoms with Crippen molar-refractivity contribution >= 4 is 5.91 Å². The number of nitrogens with zero attached hydrogens (tertiary/aromatic N) is 1. The van der Waals surface area contributed by atoms with Gasteiger partial charge >= 0.3 is 0 Å². The summed E-state index contributed by atoms with van der Waals surface area (Å²) < 4.78 is 0. The molecule has 1 atom stereocenters. The number of aromatic hydroxyl groups is 1. The molecule has 0 aromatic heterocycles. The van der Waals surface area contributed by atoms with E-state index >= 15 is 0 Å². The van der Waals surface area contributed by atoms with Gasteiger partial charge in [-0.1, -0.05) is 25.0 Å². The number of carbonyl (C=O) groups is 1. The molecular weight excluding hydrogens is 266 g/mol. The van der Waals surface area contributed by atoms with E-state index in [1.165, 1.54) is 0 Å². The first-order valence-corrected chi connectivity index (χ1v) is 7.62. The van der Waals surface area contributed by atoms with Gasteiger partial charge in [0.05, 0.1) is 12.5 Å². The van der Waals surface area contributed by atoms with E-state index in [0.29, 0.717) is 6.54 Å². The van der Waals surface area contributed by atoms with Gasteiger partial charge in [-0.25, -0.2) is 0 Å². The van der Waals surface area contributed by atoms with Gasteiger partial charge in [0.1, 0.15) is 5.75 Å². The molecule has 1 aromatic rings. The average Bonchev–Trinajstić information content (AvgIpc) is 2.95. The Hall–Kier alpha value is -1.55. The van der Waals surface area contributed by atoms with Crippen LogP contribution in [-0.2, 0) is 4.79 Å². The lowest BCUT2D eigenvalue weighted by molar-refractivity contribution is -0.133. The first kappa shape index (κ1) is 15.8. The first-order valence-electron chi connectivity index (χ1n) is 7.62. The Kier molecular flexibility index (Phi) is 4.88. The molecule has 1 saturated carbocycles. The second-order valence-electron chi connectivity index (χ2n) is 6.37. The van der Waals surface area contributed by atoms with Gasteiger partial charge in [-0.05, 0) is 37.5 Å². The van der Waals surface area contributed by atoms with Crippen molar-refractivity contribution in [3.05, 3.63) is 29.8 Å². The molecule has 0 heterocycles.